The molecule has 0 radical (unpaired) electrons. The van der Waals surface area contributed by atoms with E-state index in [1.54, 1.807) is 12.1 Å². The van der Waals surface area contributed by atoms with E-state index in [4.69, 9.17) is 11.6 Å². The second-order valence-electron chi connectivity index (χ2n) is 5.27. The topological polar surface area (TPSA) is 41.4 Å². The van der Waals surface area contributed by atoms with Crippen molar-refractivity contribution >= 4 is 35.9 Å². The summed E-state index contributed by atoms with van der Waals surface area (Å²) in [5, 5.41) is 0.511. The van der Waals surface area contributed by atoms with Gasteiger partial charge in [0.1, 0.15) is 0 Å². The van der Waals surface area contributed by atoms with Gasteiger partial charge in [-0.25, -0.2) is 4.98 Å². The molecule has 23 heavy (non-hydrogen) atoms. The molecule has 3 rings (SSSR count). The van der Waals surface area contributed by atoms with Crippen molar-refractivity contribution < 1.29 is 4.79 Å². The van der Waals surface area contributed by atoms with Crippen molar-refractivity contribution in [2.75, 3.05) is 31.1 Å². The third-order valence-corrected chi connectivity index (χ3v) is 4.32. The maximum Gasteiger partial charge on any atom is 0.255 e. The molecule has 1 amide bonds. The predicted molar refractivity (Wildman–Crippen MR) is 94.7 cm³/mol. The minimum absolute atomic E-state index is 0. The number of amides is 1. The Kier molecular flexibility index (Phi) is 5.91. The van der Waals surface area contributed by atoms with Gasteiger partial charge in [-0.15, -0.1) is 12.4 Å². The van der Waals surface area contributed by atoms with Crippen molar-refractivity contribution in [3.05, 3.63) is 47.2 Å². The molecule has 5 nitrogen and oxygen atoms in total. The maximum absolute atomic E-state index is 12.5. The molecule has 2 heterocycles. The summed E-state index contributed by atoms with van der Waals surface area (Å²) in [4.78, 5) is 21.0. The Balaban J connectivity index is 0.00000192. The van der Waals surface area contributed by atoms with Gasteiger partial charge >= 0.3 is 0 Å². The number of hydrogen-bond donors (Lipinski definition) is 0. The average molecular weight is 355 g/mol. The van der Waals surface area contributed by atoms with Crippen molar-refractivity contribution in [2.24, 2.45) is 0 Å². The molecule has 0 unspecified atom stereocenters. The lowest BCUT2D eigenvalue weighted by Gasteiger charge is -2.35. The number of imidazole rings is 1. The van der Waals surface area contributed by atoms with E-state index in [0.717, 1.165) is 25.6 Å². The molecular weight excluding hydrogens is 335 g/mol. The van der Waals surface area contributed by atoms with Gasteiger partial charge in [-0.1, -0.05) is 23.7 Å². The Labute approximate surface area is 147 Å². The molecule has 0 N–H and O–H groups in total. The van der Waals surface area contributed by atoms with Crippen LogP contribution in [0.5, 0.6) is 0 Å². The molecule has 0 atom stereocenters. The highest BCUT2D eigenvalue weighted by molar-refractivity contribution is 6.33. The average Bonchev–Trinajstić information content (AvgIpc) is 3.03. The highest BCUT2D eigenvalue weighted by Gasteiger charge is 2.25. The van der Waals surface area contributed by atoms with Gasteiger partial charge in [0, 0.05) is 45.1 Å². The lowest BCUT2D eigenvalue weighted by atomic mass is 10.2. The third kappa shape index (κ3) is 3.62. The van der Waals surface area contributed by atoms with Crippen LogP contribution < -0.4 is 4.90 Å². The number of rotatable bonds is 3. The summed E-state index contributed by atoms with van der Waals surface area (Å²) in [5.74, 6) is 0.983. The molecule has 1 fully saturated rings. The monoisotopic (exact) mass is 354 g/mol. The van der Waals surface area contributed by atoms with Crippen LogP contribution in [0.25, 0.3) is 0 Å². The lowest BCUT2D eigenvalue weighted by Crippen LogP contribution is -2.49. The first-order valence-electron chi connectivity index (χ1n) is 7.50. The first kappa shape index (κ1) is 17.6. The summed E-state index contributed by atoms with van der Waals surface area (Å²) in [7, 11) is 0. The number of piperazine rings is 1. The molecule has 0 aliphatic carbocycles. The largest absolute Gasteiger partial charge is 0.339 e. The third-order valence-electron chi connectivity index (χ3n) is 3.99. The fourth-order valence-electron chi connectivity index (χ4n) is 2.75. The number of aryl methyl sites for hydroxylation is 1. The number of nitrogens with zero attached hydrogens (tertiary/aromatic N) is 4. The fraction of sp³-hybridized carbons (Fsp3) is 0.375. The van der Waals surface area contributed by atoms with E-state index in [1.165, 1.54) is 0 Å². The normalized spacial score (nSPS) is 14.5. The summed E-state index contributed by atoms with van der Waals surface area (Å²) >= 11 is 6.12. The molecular formula is C16H20Cl2N4O. The van der Waals surface area contributed by atoms with E-state index in [1.807, 2.05) is 29.4 Å². The van der Waals surface area contributed by atoms with Crippen LogP contribution in [0.4, 0.5) is 5.95 Å². The first-order chi connectivity index (χ1) is 10.7. The maximum atomic E-state index is 12.5. The van der Waals surface area contributed by atoms with Gasteiger partial charge in [-0.3, -0.25) is 4.79 Å². The summed E-state index contributed by atoms with van der Waals surface area (Å²) in [6.45, 7) is 5.93. The number of hydrogen-bond acceptors (Lipinski definition) is 3. The van der Waals surface area contributed by atoms with E-state index in [9.17, 15) is 4.79 Å². The zero-order valence-corrected chi connectivity index (χ0v) is 14.6. The Morgan fingerprint density at radius 2 is 1.91 bits per heavy atom. The molecule has 1 aromatic carbocycles. The molecule has 1 aliphatic rings. The highest BCUT2D eigenvalue weighted by Crippen LogP contribution is 2.19. The van der Waals surface area contributed by atoms with E-state index < -0.39 is 0 Å². The molecule has 2 aromatic rings. The number of anilines is 1. The van der Waals surface area contributed by atoms with Gasteiger partial charge in [0.05, 0.1) is 10.6 Å². The van der Waals surface area contributed by atoms with Crippen LogP contribution in [0.3, 0.4) is 0 Å². The Morgan fingerprint density at radius 1 is 1.22 bits per heavy atom. The van der Waals surface area contributed by atoms with E-state index in [0.29, 0.717) is 23.7 Å². The second kappa shape index (κ2) is 7.70. The molecule has 1 aromatic heterocycles. The number of aromatic nitrogens is 2. The van der Waals surface area contributed by atoms with Crippen LogP contribution in [0.1, 0.15) is 17.3 Å². The van der Waals surface area contributed by atoms with Crippen LogP contribution in [0.15, 0.2) is 36.7 Å². The van der Waals surface area contributed by atoms with E-state index in [-0.39, 0.29) is 18.3 Å². The smallest absolute Gasteiger partial charge is 0.255 e. The molecule has 0 saturated carbocycles. The highest BCUT2D eigenvalue weighted by atomic mass is 35.5. The minimum Gasteiger partial charge on any atom is -0.339 e. The van der Waals surface area contributed by atoms with Gasteiger partial charge in [-0.05, 0) is 19.1 Å². The van der Waals surface area contributed by atoms with Crippen LogP contribution in [0.2, 0.25) is 5.02 Å². The van der Waals surface area contributed by atoms with Crippen LogP contribution in [-0.4, -0.2) is 46.5 Å². The summed E-state index contributed by atoms with van der Waals surface area (Å²) in [5.41, 5.74) is 0.577. The zero-order chi connectivity index (χ0) is 15.5. The van der Waals surface area contributed by atoms with Crippen LogP contribution in [0, 0.1) is 0 Å². The lowest BCUT2D eigenvalue weighted by molar-refractivity contribution is 0.0746. The molecule has 1 saturated heterocycles. The molecule has 0 bridgehead atoms. The van der Waals surface area contributed by atoms with Gasteiger partial charge in [0.25, 0.3) is 5.91 Å². The Hall–Kier alpha value is -1.72. The predicted octanol–water partition coefficient (Wildman–Crippen LogP) is 2.94. The van der Waals surface area contributed by atoms with E-state index >= 15 is 0 Å². The summed E-state index contributed by atoms with van der Waals surface area (Å²) in [6.07, 6.45) is 3.80. The van der Waals surface area contributed by atoms with Crippen molar-refractivity contribution in [3.63, 3.8) is 0 Å². The quantitative estimate of drug-likeness (QED) is 0.850. The second-order valence-corrected chi connectivity index (χ2v) is 5.68. The van der Waals surface area contributed by atoms with E-state index in [2.05, 4.69) is 21.4 Å². The standard InChI is InChI=1S/C16H19ClN4O.ClH/c1-2-19-8-7-18-16(19)21-11-9-20(10-12-21)15(22)13-5-3-4-6-14(13)17;/h3-8H,2,9-12H2,1H3;1H. The van der Waals surface area contributed by atoms with Crippen molar-refractivity contribution in [3.8, 4) is 0 Å². The SMILES string of the molecule is CCn1ccnc1N1CCN(C(=O)c2ccccc2Cl)CC1.Cl. The summed E-state index contributed by atoms with van der Waals surface area (Å²) < 4.78 is 2.12. The Morgan fingerprint density at radius 3 is 2.57 bits per heavy atom. The number of halogens is 2. The first-order valence-corrected chi connectivity index (χ1v) is 7.88. The van der Waals surface area contributed by atoms with Gasteiger partial charge in [0.2, 0.25) is 5.95 Å². The number of benzene rings is 1. The van der Waals surface area contributed by atoms with Crippen LogP contribution in [-0.2, 0) is 6.54 Å². The molecule has 7 heteroatoms. The van der Waals surface area contributed by atoms with Gasteiger partial charge in [0.15, 0.2) is 0 Å². The molecule has 124 valence electrons. The minimum atomic E-state index is 0. The van der Waals surface area contributed by atoms with Crippen molar-refractivity contribution in [1.82, 2.24) is 14.5 Å². The number of carbonyl (C=O) groups excluding carboxylic acids is 1. The Bertz CT molecular complexity index is 666. The van der Waals surface area contributed by atoms with Gasteiger partial charge in [-0.2, -0.15) is 0 Å². The molecule has 1 aliphatic heterocycles. The van der Waals surface area contributed by atoms with Crippen LogP contribution >= 0.6 is 24.0 Å². The number of carbonyl (C=O) groups is 1. The molecule has 0 spiro atoms. The fourth-order valence-corrected chi connectivity index (χ4v) is 2.96. The van der Waals surface area contributed by atoms with Gasteiger partial charge < -0.3 is 14.4 Å². The zero-order valence-electron chi connectivity index (χ0n) is 13.0. The van der Waals surface area contributed by atoms with Crippen molar-refractivity contribution in [1.29, 1.82) is 0 Å². The summed E-state index contributed by atoms with van der Waals surface area (Å²) in [6, 6.07) is 7.21. The van der Waals surface area contributed by atoms with Crippen molar-refractivity contribution in [2.45, 2.75) is 13.5 Å².